The number of aryl methyl sites for hydroxylation is 1. The number of methoxy groups -OCH3 is 1. The molecular formula is C24H20ClN3O5S. The maximum Gasteiger partial charge on any atom is 0.337 e. The number of aromatic nitrogens is 2. The first-order valence-corrected chi connectivity index (χ1v) is 11.5. The topological polar surface area (TPSA) is 99.4 Å². The summed E-state index contributed by atoms with van der Waals surface area (Å²) in [5, 5.41) is 3.45. The highest BCUT2D eigenvalue weighted by Crippen LogP contribution is 2.23. The van der Waals surface area contributed by atoms with Crippen molar-refractivity contribution in [2.24, 2.45) is 0 Å². The summed E-state index contributed by atoms with van der Waals surface area (Å²) in [4.78, 5) is 52.4. The number of hydrogen-bond donors (Lipinski definition) is 1. The number of ether oxygens (including phenoxy) is 1. The van der Waals surface area contributed by atoms with Crippen LogP contribution in [0.4, 0.5) is 5.69 Å². The van der Waals surface area contributed by atoms with E-state index in [1.807, 2.05) is 6.92 Å². The number of benzene rings is 2. The maximum absolute atomic E-state index is 13.4. The van der Waals surface area contributed by atoms with Crippen LogP contribution >= 0.6 is 22.9 Å². The fraction of sp³-hybridized carbons (Fsp3) is 0.167. The van der Waals surface area contributed by atoms with E-state index < -0.39 is 23.1 Å². The molecule has 10 heteroatoms. The lowest BCUT2D eigenvalue weighted by Crippen LogP contribution is -2.40. The fourth-order valence-electron chi connectivity index (χ4n) is 3.51. The SMILES string of the molecule is CCc1cc2c(=O)n(-c3cccc(Cl)c3)c(=O)n(CC(=O)Nc3ccc(C(=O)OC)cc3)c2s1. The Labute approximate surface area is 203 Å². The third-order valence-corrected chi connectivity index (χ3v) is 6.71. The van der Waals surface area contributed by atoms with Crippen LogP contribution < -0.4 is 16.6 Å². The van der Waals surface area contributed by atoms with Gasteiger partial charge in [-0.05, 0) is 55.0 Å². The van der Waals surface area contributed by atoms with Crippen LogP contribution in [0.15, 0.2) is 64.2 Å². The van der Waals surface area contributed by atoms with E-state index in [0.717, 1.165) is 9.44 Å². The molecule has 4 aromatic rings. The molecule has 174 valence electrons. The molecule has 34 heavy (non-hydrogen) atoms. The van der Waals surface area contributed by atoms with Gasteiger partial charge in [0.15, 0.2) is 0 Å². The number of anilines is 1. The zero-order valence-corrected chi connectivity index (χ0v) is 19.9. The number of nitrogens with zero attached hydrogens (tertiary/aromatic N) is 2. The van der Waals surface area contributed by atoms with Gasteiger partial charge in [0, 0.05) is 15.6 Å². The number of nitrogens with one attached hydrogen (secondary N) is 1. The molecule has 1 N–H and O–H groups in total. The van der Waals surface area contributed by atoms with E-state index in [1.165, 1.54) is 41.2 Å². The number of thiophene rings is 1. The van der Waals surface area contributed by atoms with E-state index in [-0.39, 0.29) is 6.54 Å². The number of fused-ring (bicyclic) bond motifs is 1. The summed E-state index contributed by atoms with van der Waals surface area (Å²) >= 11 is 7.39. The fourth-order valence-corrected chi connectivity index (χ4v) is 4.77. The minimum Gasteiger partial charge on any atom is -0.465 e. The van der Waals surface area contributed by atoms with Gasteiger partial charge in [0.2, 0.25) is 5.91 Å². The quantitative estimate of drug-likeness (QED) is 0.408. The van der Waals surface area contributed by atoms with Gasteiger partial charge in [-0.3, -0.25) is 14.2 Å². The number of hydrogen-bond acceptors (Lipinski definition) is 6. The molecule has 0 unspecified atom stereocenters. The third-order valence-electron chi connectivity index (χ3n) is 5.17. The van der Waals surface area contributed by atoms with Crippen molar-refractivity contribution >= 4 is 50.7 Å². The van der Waals surface area contributed by atoms with E-state index in [9.17, 15) is 19.2 Å². The minimum absolute atomic E-state index is 0.307. The zero-order chi connectivity index (χ0) is 24.4. The average molecular weight is 498 g/mol. The predicted molar refractivity (Wildman–Crippen MR) is 132 cm³/mol. The molecule has 0 aliphatic rings. The molecule has 0 saturated heterocycles. The maximum atomic E-state index is 13.4. The molecule has 1 amide bonds. The van der Waals surface area contributed by atoms with Gasteiger partial charge in [0.05, 0.1) is 23.7 Å². The van der Waals surface area contributed by atoms with Crippen molar-refractivity contribution in [1.82, 2.24) is 9.13 Å². The Bertz CT molecular complexity index is 1520. The van der Waals surface area contributed by atoms with E-state index >= 15 is 0 Å². The molecular weight excluding hydrogens is 478 g/mol. The van der Waals surface area contributed by atoms with E-state index in [1.54, 1.807) is 36.4 Å². The van der Waals surface area contributed by atoms with Crippen molar-refractivity contribution in [3.8, 4) is 5.69 Å². The van der Waals surface area contributed by atoms with Crippen molar-refractivity contribution < 1.29 is 14.3 Å². The van der Waals surface area contributed by atoms with E-state index in [0.29, 0.717) is 38.6 Å². The molecule has 0 aliphatic heterocycles. The second-order valence-corrected chi connectivity index (χ2v) is 8.94. The lowest BCUT2D eigenvalue weighted by Gasteiger charge is -2.12. The zero-order valence-electron chi connectivity index (χ0n) is 18.3. The number of halogens is 1. The summed E-state index contributed by atoms with van der Waals surface area (Å²) in [6.45, 7) is 1.64. The Balaban J connectivity index is 1.75. The van der Waals surface area contributed by atoms with Gasteiger partial charge in [0.1, 0.15) is 11.4 Å². The summed E-state index contributed by atoms with van der Waals surface area (Å²) in [7, 11) is 1.29. The van der Waals surface area contributed by atoms with Gasteiger partial charge >= 0.3 is 11.7 Å². The third kappa shape index (κ3) is 4.52. The van der Waals surface area contributed by atoms with Crippen molar-refractivity contribution in [3.05, 3.63) is 90.9 Å². The molecule has 8 nitrogen and oxygen atoms in total. The minimum atomic E-state index is -0.638. The van der Waals surface area contributed by atoms with Crippen molar-refractivity contribution in [2.75, 3.05) is 12.4 Å². The van der Waals surface area contributed by atoms with Crippen LogP contribution in [-0.2, 0) is 22.5 Å². The Morgan fingerprint density at radius 2 is 1.82 bits per heavy atom. The van der Waals surface area contributed by atoms with Crippen molar-refractivity contribution in [2.45, 2.75) is 19.9 Å². The van der Waals surface area contributed by atoms with Crippen LogP contribution in [0.5, 0.6) is 0 Å². The van der Waals surface area contributed by atoms with Gasteiger partial charge in [-0.25, -0.2) is 14.2 Å². The number of amides is 1. The summed E-state index contributed by atoms with van der Waals surface area (Å²) in [6.07, 6.45) is 0.683. The molecule has 0 saturated carbocycles. The van der Waals surface area contributed by atoms with Gasteiger partial charge in [-0.1, -0.05) is 24.6 Å². The second-order valence-electron chi connectivity index (χ2n) is 7.39. The van der Waals surface area contributed by atoms with Crippen LogP contribution in [-0.4, -0.2) is 28.1 Å². The Morgan fingerprint density at radius 3 is 2.47 bits per heavy atom. The first-order valence-electron chi connectivity index (χ1n) is 10.3. The highest BCUT2D eigenvalue weighted by molar-refractivity contribution is 7.18. The molecule has 2 aromatic carbocycles. The average Bonchev–Trinajstić information content (AvgIpc) is 3.27. The summed E-state index contributed by atoms with van der Waals surface area (Å²) in [5.74, 6) is -0.948. The Hall–Kier alpha value is -3.69. The van der Waals surface area contributed by atoms with Crippen molar-refractivity contribution in [3.63, 3.8) is 0 Å². The molecule has 0 radical (unpaired) electrons. The number of carbonyl (C=O) groups excluding carboxylic acids is 2. The predicted octanol–water partition coefficient (Wildman–Crippen LogP) is 3.86. The molecule has 0 aliphatic carbocycles. The second kappa shape index (κ2) is 9.66. The largest absolute Gasteiger partial charge is 0.465 e. The van der Waals surface area contributed by atoms with Gasteiger partial charge in [-0.2, -0.15) is 0 Å². The lowest BCUT2D eigenvalue weighted by molar-refractivity contribution is -0.116. The molecule has 0 bridgehead atoms. The summed E-state index contributed by atoms with van der Waals surface area (Å²) in [5.41, 5.74) is 0.0122. The highest BCUT2D eigenvalue weighted by Gasteiger charge is 2.19. The molecule has 2 aromatic heterocycles. The highest BCUT2D eigenvalue weighted by atomic mass is 35.5. The van der Waals surface area contributed by atoms with E-state index in [4.69, 9.17) is 11.6 Å². The van der Waals surface area contributed by atoms with Crippen molar-refractivity contribution in [1.29, 1.82) is 0 Å². The monoisotopic (exact) mass is 497 g/mol. The molecule has 2 heterocycles. The Morgan fingerprint density at radius 1 is 1.09 bits per heavy atom. The van der Waals surface area contributed by atoms with Crippen LogP contribution in [0.2, 0.25) is 5.02 Å². The van der Waals surface area contributed by atoms with Crippen LogP contribution in [0.3, 0.4) is 0 Å². The number of esters is 1. The van der Waals surface area contributed by atoms with Gasteiger partial charge in [0.25, 0.3) is 5.56 Å². The summed E-state index contributed by atoms with van der Waals surface area (Å²) in [6, 6.07) is 14.4. The molecule has 0 fully saturated rings. The van der Waals surface area contributed by atoms with Gasteiger partial charge in [-0.15, -0.1) is 11.3 Å². The molecule has 0 spiro atoms. The summed E-state index contributed by atoms with van der Waals surface area (Å²) < 4.78 is 6.98. The van der Waals surface area contributed by atoms with E-state index in [2.05, 4.69) is 10.1 Å². The Kier molecular flexibility index (Phi) is 6.67. The first kappa shape index (κ1) is 23.5. The van der Waals surface area contributed by atoms with Gasteiger partial charge < -0.3 is 10.1 Å². The number of carbonyl (C=O) groups is 2. The molecule has 4 rings (SSSR count). The lowest BCUT2D eigenvalue weighted by atomic mass is 10.2. The normalized spacial score (nSPS) is 10.9. The number of rotatable bonds is 6. The van der Waals surface area contributed by atoms with Crippen LogP contribution in [0.1, 0.15) is 22.2 Å². The van der Waals surface area contributed by atoms with Crippen LogP contribution in [0, 0.1) is 0 Å². The van der Waals surface area contributed by atoms with Crippen LogP contribution in [0.25, 0.3) is 15.9 Å². The smallest absolute Gasteiger partial charge is 0.337 e. The standard InChI is InChI=1S/C24H20ClN3O5S/c1-3-18-12-19-21(30)28(17-6-4-5-15(25)11-17)24(32)27(22(19)34-18)13-20(29)26-16-9-7-14(8-10-16)23(31)33-2/h4-12H,3,13H2,1-2H3,(H,26,29). The molecule has 0 atom stereocenters. The first-order chi connectivity index (χ1) is 16.3.